The quantitative estimate of drug-likeness (QED) is 0.422. The van der Waals surface area contributed by atoms with Crippen molar-refractivity contribution in [2.24, 2.45) is 0 Å². The Morgan fingerprint density at radius 2 is 2.15 bits per heavy atom. The van der Waals surface area contributed by atoms with Gasteiger partial charge in [0.15, 0.2) is 12.7 Å². The van der Waals surface area contributed by atoms with Crippen LogP contribution in [0.4, 0.5) is 0 Å². The summed E-state index contributed by atoms with van der Waals surface area (Å²) in [6, 6.07) is 0. The van der Waals surface area contributed by atoms with Crippen molar-refractivity contribution in [3.63, 3.8) is 0 Å². The van der Waals surface area contributed by atoms with Crippen molar-refractivity contribution in [3.05, 3.63) is 41.7 Å². The average Bonchev–Trinajstić information content (AvgIpc) is 2.44. The lowest BCUT2D eigenvalue weighted by Gasteiger charge is -2.21. The summed E-state index contributed by atoms with van der Waals surface area (Å²) in [5, 5.41) is 0. The lowest BCUT2D eigenvalue weighted by molar-refractivity contribution is -0.159. The van der Waals surface area contributed by atoms with E-state index in [0.717, 1.165) is 0 Å². The van der Waals surface area contributed by atoms with Gasteiger partial charge in [-0.15, -0.1) is 0 Å². The molecule has 0 radical (unpaired) electrons. The molecule has 0 saturated carbocycles. The predicted octanol–water partition coefficient (Wildman–Crippen LogP) is 0.876. The number of ether oxygens (including phenoxy) is 3. The van der Waals surface area contributed by atoms with E-state index < -0.39 is 24.6 Å². The summed E-state index contributed by atoms with van der Waals surface area (Å²) in [7, 11) is 1.38. The largest absolute Gasteiger partial charge is 0.497 e. The second-order valence-corrected chi connectivity index (χ2v) is 3.92. The van der Waals surface area contributed by atoms with Crippen molar-refractivity contribution in [1.82, 2.24) is 0 Å². The first-order chi connectivity index (χ1) is 9.49. The predicted molar refractivity (Wildman–Crippen MR) is 69.1 cm³/mol. The SMILES string of the molecule is C=C(C)C(=O)OCC(=O)OC1C(=C=O)C=CC=C1OC. The number of rotatable bonds is 5. The van der Waals surface area contributed by atoms with Crippen molar-refractivity contribution in [2.75, 3.05) is 13.7 Å². The minimum atomic E-state index is -0.987. The van der Waals surface area contributed by atoms with Crippen LogP contribution in [-0.4, -0.2) is 37.7 Å². The lowest BCUT2D eigenvalue weighted by atomic mass is 10.0. The molecule has 0 aromatic heterocycles. The Bertz CT molecular complexity index is 534. The smallest absolute Gasteiger partial charge is 0.345 e. The summed E-state index contributed by atoms with van der Waals surface area (Å²) in [6.07, 6.45) is 3.59. The van der Waals surface area contributed by atoms with Crippen molar-refractivity contribution < 1.29 is 28.6 Å². The third-order valence-corrected chi connectivity index (χ3v) is 2.35. The molecular weight excluding hydrogens is 264 g/mol. The Hall–Kier alpha value is -2.59. The van der Waals surface area contributed by atoms with Gasteiger partial charge in [-0.2, -0.15) is 0 Å². The van der Waals surface area contributed by atoms with Gasteiger partial charge in [0.25, 0.3) is 0 Å². The standard InChI is InChI=1S/C14H14O6/c1-9(2)14(17)19-8-12(16)20-13-10(7-15)5-4-6-11(13)18-3/h4-6,13H,1,8H2,2-3H3. The van der Waals surface area contributed by atoms with Crippen LogP contribution in [0.3, 0.4) is 0 Å². The molecule has 1 atom stereocenters. The second kappa shape index (κ2) is 7.11. The van der Waals surface area contributed by atoms with E-state index in [1.54, 1.807) is 18.1 Å². The molecule has 0 amide bonds. The highest BCUT2D eigenvalue weighted by Crippen LogP contribution is 2.20. The summed E-state index contributed by atoms with van der Waals surface area (Å²) >= 11 is 0. The maximum Gasteiger partial charge on any atom is 0.345 e. The second-order valence-electron chi connectivity index (χ2n) is 3.92. The molecule has 0 bridgehead atoms. The number of carbonyl (C=O) groups is 2. The van der Waals surface area contributed by atoms with Crippen molar-refractivity contribution >= 4 is 17.9 Å². The molecule has 0 aliphatic heterocycles. The molecule has 1 aliphatic rings. The molecule has 0 aromatic carbocycles. The molecule has 1 unspecified atom stereocenters. The van der Waals surface area contributed by atoms with E-state index >= 15 is 0 Å². The summed E-state index contributed by atoms with van der Waals surface area (Å²) < 4.78 is 14.7. The minimum absolute atomic E-state index is 0.115. The van der Waals surface area contributed by atoms with Crippen LogP contribution in [0.15, 0.2) is 41.7 Å². The van der Waals surface area contributed by atoms with E-state index in [0.29, 0.717) is 0 Å². The highest BCUT2D eigenvalue weighted by atomic mass is 16.6. The number of carbonyl (C=O) groups excluding carboxylic acids is 3. The van der Waals surface area contributed by atoms with E-state index in [-0.39, 0.29) is 16.9 Å². The number of hydrogen-bond acceptors (Lipinski definition) is 6. The van der Waals surface area contributed by atoms with Crippen LogP contribution in [-0.2, 0) is 28.6 Å². The normalized spacial score (nSPS) is 16.8. The lowest BCUT2D eigenvalue weighted by Crippen LogP contribution is -2.27. The van der Waals surface area contributed by atoms with E-state index in [4.69, 9.17) is 9.47 Å². The maximum atomic E-state index is 11.6. The van der Waals surface area contributed by atoms with Crippen LogP contribution >= 0.6 is 0 Å². The molecule has 0 aromatic rings. The molecule has 20 heavy (non-hydrogen) atoms. The van der Waals surface area contributed by atoms with Crippen LogP contribution < -0.4 is 0 Å². The van der Waals surface area contributed by atoms with Crippen molar-refractivity contribution in [3.8, 4) is 0 Å². The zero-order valence-electron chi connectivity index (χ0n) is 11.2. The highest BCUT2D eigenvalue weighted by Gasteiger charge is 2.26. The Balaban J connectivity index is 2.66. The number of allylic oxidation sites excluding steroid dienone is 2. The number of methoxy groups -OCH3 is 1. The zero-order valence-corrected chi connectivity index (χ0v) is 11.2. The molecule has 6 nitrogen and oxygen atoms in total. The molecule has 6 heteroatoms. The molecule has 1 aliphatic carbocycles. The molecule has 106 valence electrons. The van der Waals surface area contributed by atoms with Gasteiger partial charge < -0.3 is 14.2 Å². The van der Waals surface area contributed by atoms with Crippen LogP contribution in [0.1, 0.15) is 6.92 Å². The minimum Gasteiger partial charge on any atom is -0.497 e. The summed E-state index contributed by atoms with van der Waals surface area (Å²) in [4.78, 5) is 33.5. The molecule has 0 heterocycles. The first-order valence-corrected chi connectivity index (χ1v) is 5.69. The molecular formula is C14H14O6. The number of esters is 2. The van der Waals surface area contributed by atoms with Crippen LogP contribution in [0.25, 0.3) is 0 Å². The fourth-order valence-electron chi connectivity index (χ4n) is 1.37. The average molecular weight is 278 g/mol. The Morgan fingerprint density at radius 3 is 2.70 bits per heavy atom. The van der Waals surface area contributed by atoms with E-state index in [1.807, 2.05) is 0 Å². The Kier molecular flexibility index (Phi) is 5.50. The van der Waals surface area contributed by atoms with Crippen LogP contribution in [0.5, 0.6) is 0 Å². The van der Waals surface area contributed by atoms with Gasteiger partial charge in [-0.05, 0) is 19.1 Å². The fourth-order valence-corrected chi connectivity index (χ4v) is 1.37. The summed E-state index contributed by atoms with van der Waals surface area (Å²) in [5.74, 6) is 0.445. The van der Waals surface area contributed by atoms with Gasteiger partial charge in [0, 0.05) is 5.57 Å². The van der Waals surface area contributed by atoms with Gasteiger partial charge in [0.05, 0.1) is 12.7 Å². The molecule has 1 rings (SSSR count). The topological polar surface area (TPSA) is 78.9 Å². The van der Waals surface area contributed by atoms with Crippen LogP contribution in [0.2, 0.25) is 0 Å². The highest BCUT2D eigenvalue weighted by molar-refractivity contribution is 5.88. The summed E-state index contributed by atoms with van der Waals surface area (Å²) in [5.41, 5.74) is 0.285. The summed E-state index contributed by atoms with van der Waals surface area (Å²) in [6.45, 7) is 4.26. The Morgan fingerprint density at radius 1 is 1.45 bits per heavy atom. The van der Waals surface area contributed by atoms with Gasteiger partial charge in [0.1, 0.15) is 11.7 Å². The van der Waals surface area contributed by atoms with Gasteiger partial charge in [0.2, 0.25) is 0 Å². The zero-order chi connectivity index (χ0) is 15.1. The van der Waals surface area contributed by atoms with E-state index in [2.05, 4.69) is 11.3 Å². The van der Waals surface area contributed by atoms with Crippen molar-refractivity contribution in [1.29, 1.82) is 0 Å². The molecule has 0 saturated heterocycles. The molecule has 0 spiro atoms. The van der Waals surface area contributed by atoms with E-state index in [1.165, 1.54) is 20.1 Å². The third-order valence-electron chi connectivity index (χ3n) is 2.35. The third kappa shape index (κ3) is 3.96. The molecule has 0 N–H and O–H groups in total. The van der Waals surface area contributed by atoms with Crippen LogP contribution in [0, 0.1) is 0 Å². The monoisotopic (exact) mass is 278 g/mol. The van der Waals surface area contributed by atoms with Gasteiger partial charge in [-0.25, -0.2) is 14.4 Å². The number of hydrogen-bond donors (Lipinski definition) is 0. The Labute approximate surface area is 116 Å². The first kappa shape index (κ1) is 15.5. The van der Waals surface area contributed by atoms with Gasteiger partial charge in [-0.1, -0.05) is 12.7 Å². The fraction of sp³-hybridized carbons (Fsp3) is 0.286. The van der Waals surface area contributed by atoms with Gasteiger partial charge in [-0.3, -0.25) is 0 Å². The van der Waals surface area contributed by atoms with E-state index in [9.17, 15) is 14.4 Å². The first-order valence-electron chi connectivity index (χ1n) is 5.69. The maximum absolute atomic E-state index is 11.6. The van der Waals surface area contributed by atoms with Gasteiger partial charge >= 0.3 is 11.9 Å². The van der Waals surface area contributed by atoms with Crippen molar-refractivity contribution in [2.45, 2.75) is 13.0 Å². The molecule has 0 fully saturated rings.